The van der Waals surface area contributed by atoms with Crippen LogP contribution in [0.2, 0.25) is 0 Å². The van der Waals surface area contributed by atoms with Gasteiger partial charge in [0.1, 0.15) is 0 Å². The van der Waals surface area contributed by atoms with Crippen molar-refractivity contribution >= 4 is 22.1 Å². The third-order valence-corrected chi connectivity index (χ3v) is 4.36. The van der Waals surface area contributed by atoms with Gasteiger partial charge in [-0.1, -0.05) is 6.42 Å². The van der Waals surface area contributed by atoms with E-state index in [4.69, 9.17) is 0 Å². The minimum absolute atomic E-state index is 0.0439. The van der Waals surface area contributed by atoms with Crippen LogP contribution in [0.1, 0.15) is 25.0 Å². The van der Waals surface area contributed by atoms with Crippen LogP contribution in [0.3, 0.4) is 0 Å². The van der Waals surface area contributed by atoms with E-state index in [1.54, 1.807) is 11.3 Å². The Balaban J connectivity index is 1.89. The lowest BCUT2D eigenvalue weighted by molar-refractivity contribution is 0.275. The van der Waals surface area contributed by atoms with Crippen molar-refractivity contribution in [2.45, 2.75) is 25.9 Å². The van der Waals surface area contributed by atoms with E-state index in [0.717, 1.165) is 28.9 Å². The molecule has 4 nitrogen and oxygen atoms in total. The summed E-state index contributed by atoms with van der Waals surface area (Å²) in [5, 5.41) is 11.5. The average molecular weight is 251 g/mol. The number of rotatable bonds is 4. The maximum atomic E-state index is 9.50. The molecule has 1 saturated carbocycles. The molecule has 2 aromatic rings. The third-order valence-electron chi connectivity index (χ3n) is 3.61. The van der Waals surface area contributed by atoms with Crippen molar-refractivity contribution < 1.29 is 5.11 Å². The fourth-order valence-electron chi connectivity index (χ4n) is 2.42. The molecule has 1 aliphatic rings. The summed E-state index contributed by atoms with van der Waals surface area (Å²) >= 11 is 1.61. The van der Waals surface area contributed by atoms with Crippen molar-refractivity contribution in [2.75, 3.05) is 18.5 Å². The van der Waals surface area contributed by atoms with E-state index in [1.165, 1.54) is 19.3 Å². The topological polar surface area (TPSA) is 40.8 Å². The maximum Gasteiger partial charge on any atom is 0.195 e. The van der Waals surface area contributed by atoms with E-state index >= 15 is 0 Å². The fraction of sp³-hybridized carbons (Fsp3) is 0.583. The Morgan fingerprint density at radius 3 is 3.06 bits per heavy atom. The van der Waals surface area contributed by atoms with Crippen LogP contribution in [0.15, 0.2) is 11.6 Å². The first-order valence-electron chi connectivity index (χ1n) is 6.06. The first-order chi connectivity index (χ1) is 8.29. The van der Waals surface area contributed by atoms with Crippen LogP contribution in [0.4, 0.5) is 5.82 Å². The van der Waals surface area contributed by atoms with Crippen LogP contribution in [-0.2, 0) is 6.61 Å². The highest BCUT2D eigenvalue weighted by Crippen LogP contribution is 2.30. The number of aromatic nitrogens is 2. The second kappa shape index (κ2) is 4.31. The highest BCUT2D eigenvalue weighted by atomic mass is 32.1. The molecule has 2 heterocycles. The second-order valence-corrected chi connectivity index (χ2v) is 5.65. The lowest BCUT2D eigenvalue weighted by atomic mass is 9.85. The van der Waals surface area contributed by atoms with Crippen molar-refractivity contribution in [2.24, 2.45) is 5.92 Å². The highest BCUT2D eigenvalue weighted by Gasteiger charge is 2.22. The standard InChI is InChI=1S/C12H17N3OS/c1-14(7-9-3-2-4-9)11-10(8-16)15-5-6-17-12(15)13-11/h5-6,9,16H,2-4,7-8H2,1H3. The van der Waals surface area contributed by atoms with Gasteiger partial charge in [0, 0.05) is 25.2 Å². The van der Waals surface area contributed by atoms with Crippen LogP contribution in [-0.4, -0.2) is 28.1 Å². The minimum Gasteiger partial charge on any atom is -0.390 e. The molecule has 0 aliphatic heterocycles. The van der Waals surface area contributed by atoms with Crippen molar-refractivity contribution in [3.8, 4) is 0 Å². The van der Waals surface area contributed by atoms with E-state index in [0.29, 0.717) is 0 Å². The van der Waals surface area contributed by atoms with Gasteiger partial charge in [-0.25, -0.2) is 4.98 Å². The molecule has 17 heavy (non-hydrogen) atoms. The first kappa shape index (κ1) is 11.0. The van der Waals surface area contributed by atoms with E-state index in [9.17, 15) is 5.11 Å². The van der Waals surface area contributed by atoms with Crippen LogP contribution in [0.25, 0.3) is 4.96 Å². The highest BCUT2D eigenvalue weighted by molar-refractivity contribution is 7.15. The molecule has 0 amide bonds. The molecule has 0 bridgehead atoms. The zero-order valence-electron chi connectivity index (χ0n) is 9.96. The molecule has 0 radical (unpaired) electrons. The first-order valence-corrected chi connectivity index (χ1v) is 6.94. The molecule has 2 aromatic heterocycles. The molecule has 0 saturated heterocycles. The van der Waals surface area contributed by atoms with E-state index < -0.39 is 0 Å². The zero-order valence-corrected chi connectivity index (χ0v) is 10.8. The molecule has 0 unspecified atom stereocenters. The molecule has 5 heteroatoms. The van der Waals surface area contributed by atoms with Gasteiger partial charge in [0.2, 0.25) is 0 Å². The summed E-state index contributed by atoms with van der Waals surface area (Å²) in [5.41, 5.74) is 0.906. The molecule has 0 atom stereocenters. The largest absolute Gasteiger partial charge is 0.390 e. The van der Waals surface area contributed by atoms with Crippen molar-refractivity contribution in [1.82, 2.24) is 9.38 Å². The van der Waals surface area contributed by atoms with Gasteiger partial charge < -0.3 is 10.0 Å². The number of anilines is 1. The van der Waals surface area contributed by atoms with Crippen molar-refractivity contribution in [3.05, 3.63) is 17.3 Å². The Bertz CT molecular complexity index is 515. The lowest BCUT2D eigenvalue weighted by Gasteiger charge is -2.30. The van der Waals surface area contributed by atoms with E-state index in [-0.39, 0.29) is 6.61 Å². The molecular weight excluding hydrogens is 234 g/mol. The monoisotopic (exact) mass is 251 g/mol. The molecule has 1 fully saturated rings. The molecule has 0 spiro atoms. The summed E-state index contributed by atoms with van der Waals surface area (Å²) in [4.78, 5) is 7.75. The van der Waals surface area contributed by atoms with Gasteiger partial charge in [-0.2, -0.15) is 0 Å². The Labute approximate surface area is 105 Å². The molecular formula is C12H17N3OS. The molecule has 3 rings (SSSR count). The normalized spacial score (nSPS) is 16.4. The summed E-state index contributed by atoms with van der Waals surface area (Å²) < 4.78 is 1.98. The summed E-state index contributed by atoms with van der Waals surface area (Å²) in [6.07, 6.45) is 6.00. The third kappa shape index (κ3) is 1.83. The quantitative estimate of drug-likeness (QED) is 0.905. The summed E-state index contributed by atoms with van der Waals surface area (Å²) in [5.74, 6) is 1.75. The van der Waals surface area contributed by atoms with Gasteiger partial charge in [0.25, 0.3) is 0 Å². The van der Waals surface area contributed by atoms with E-state index in [2.05, 4.69) is 16.9 Å². The summed E-state index contributed by atoms with van der Waals surface area (Å²) in [7, 11) is 2.07. The Morgan fingerprint density at radius 2 is 2.41 bits per heavy atom. The predicted octanol–water partition coefficient (Wildman–Crippen LogP) is 2.12. The number of thiazole rings is 1. The van der Waals surface area contributed by atoms with Gasteiger partial charge >= 0.3 is 0 Å². The number of aliphatic hydroxyl groups excluding tert-OH is 1. The smallest absolute Gasteiger partial charge is 0.195 e. The molecule has 1 N–H and O–H groups in total. The number of hydrogen-bond acceptors (Lipinski definition) is 4. The van der Waals surface area contributed by atoms with Crippen molar-refractivity contribution in [1.29, 1.82) is 0 Å². The Hall–Kier alpha value is -1.07. The van der Waals surface area contributed by atoms with Crippen LogP contribution in [0, 0.1) is 5.92 Å². The van der Waals surface area contributed by atoms with Crippen LogP contribution < -0.4 is 4.90 Å². The van der Waals surface area contributed by atoms with Gasteiger partial charge in [-0.05, 0) is 18.8 Å². The number of fused-ring (bicyclic) bond motifs is 1. The van der Waals surface area contributed by atoms with Gasteiger partial charge in [-0.15, -0.1) is 11.3 Å². The number of nitrogens with zero attached hydrogens (tertiary/aromatic N) is 3. The average Bonchev–Trinajstić information content (AvgIpc) is 2.81. The zero-order chi connectivity index (χ0) is 11.8. The number of aliphatic hydroxyl groups is 1. The molecule has 92 valence electrons. The van der Waals surface area contributed by atoms with Crippen LogP contribution >= 0.6 is 11.3 Å². The number of imidazole rings is 1. The number of hydrogen-bond donors (Lipinski definition) is 1. The van der Waals surface area contributed by atoms with Gasteiger partial charge in [0.15, 0.2) is 10.8 Å². The van der Waals surface area contributed by atoms with Gasteiger partial charge in [-0.3, -0.25) is 4.40 Å². The lowest BCUT2D eigenvalue weighted by Crippen LogP contribution is -2.30. The predicted molar refractivity (Wildman–Crippen MR) is 69.6 cm³/mol. The summed E-state index contributed by atoms with van der Waals surface area (Å²) in [6, 6.07) is 0. The summed E-state index contributed by atoms with van der Waals surface area (Å²) in [6.45, 7) is 1.10. The Morgan fingerprint density at radius 1 is 1.59 bits per heavy atom. The minimum atomic E-state index is 0.0439. The van der Waals surface area contributed by atoms with E-state index in [1.807, 2.05) is 16.0 Å². The SMILES string of the molecule is CN(CC1CCC1)c1nc2sccn2c1CO. The molecule has 1 aliphatic carbocycles. The van der Waals surface area contributed by atoms with Crippen LogP contribution in [0.5, 0.6) is 0 Å². The second-order valence-electron chi connectivity index (χ2n) is 4.77. The maximum absolute atomic E-state index is 9.50. The van der Waals surface area contributed by atoms with Gasteiger partial charge in [0.05, 0.1) is 12.3 Å². The van der Waals surface area contributed by atoms with Crippen molar-refractivity contribution in [3.63, 3.8) is 0 Å². The fourth-order valence-corrected chi connectivity index (χ4v) is 3.15. The Kier molecular flexibility index (Phi) is 2.80. The molecule has 0 aromatic carbocycles.